The van der Waals surface area contributed by atoms with E-state index in [4.69, 9.17) is 4.98 Å². The van der Waals surface area contributed by atoms with Crippen LogP contribution in [0.1, 0.15) is 67.9 Å². The molecule has 5 heterocycles. The second kappa shape index (κ2) is 8.88. The Morgan fingerprint density at radius 2 is 1.77 bits per heavy atom. The number of hydrogen-bond acceptors (Lipinski definition) is 4. The van der Waals surface area contributed by atoms with Crippen LogP contribution in [0.4, 0.5) is 0 Å². The quantitative estimate of drug-likeness (QED) is 0.780. The second-order valence-corrected chi connectivity index (χ2v) is 9.15. The van der Waals surface area contributed by atoms with Crippen molar-refractivity contribution < 1.29 is 4.79 Å². The fraction of sp³-hybridized carbons (Fsp3) is 0.625. The number of nitrogens with zero attached hydrogens (tertiary/aromatic N) is 5. The SMILES string of the molecule is O=C(C1CCCCN1Cc1ccncc1)N1CCC(c2ncc3n2CCCC3)CC1. The summed E-state index contributed by atoms with van der Waals surface area (Å²) in [6, 6.07) is 4.15. The maximum atomic E-state index is 13.4. The van der Waals surface area contributed by atoms with Gasteiger partial charge in [-0.15, -0.1) is 0 Å². The zero-order chi connectivity index (χ0) is 20.3. The largest absolute Gasteiger partial charge is 0.341 e. The molecule has 1 unspecified atom stereocenters. The lowest BCUT2D eigenvalue weighted by atomic mass is 9.93. The third-order valence-electron chi connectivity index (χ3n) is 7.24. The Kier molecular flexibility index (Phi) is 5.84. The minimum Gasteiger partial charge on any atom is -0.341 e. The second-order valence-electron chi connectivity index (χ2n) is 9.15. The number of aryl methyl sites for hydroxylation is 1. The summed E-state index contributed by atoms with van der Waals surface area (Å²) >= 11 is 0. The Morgan fingerprint density at radius 3 is 2.60 bits per heavy atom. The van der Waals surface area contributed by atoms with E-state index in [0.717, 1.165) is 58.4 Å². The van der Waals surface area contributed by atoms with Crippen LogP contribution in [-0.4, -0.2) is 55.9 Å². The average molecular weight is 408 g/mol. The van der Waals surface area contributed by atoms with Crippen molar-refractivity contribution in [3.8, 4) is 0 Å². The molecule has 0 aromatic carbocycles. The molecule has 3 aliphatic rings. The molecule has 5 rings (SSSR count). The predicted molar refractivity (Wildman–Crippen MR) is 116 cm³/mol. The lowest BCUT2D eigenvalue weighted by molar-refractivity contribution is -0.139. The summed E-state index contributed by atoms with van der Waals surface area (Å²) in [5, 5.41) is 0. The number of hydrogen-bond donors (Lipinski definition) is 0. The van der Waals surface area contributed by atoms with Gasteiger partial charge in [-0.3, -0.25) is 14.7 Å². The minimum absolute atomic E-state index is 0.0302. The molecule has 2 fully saturated rings. The van der Waals surface area contributed by atoms with Gasteiger partial charge in [0.2, 0.25) is 5.91 Å². The van der Waals surface area contributed by atoms with Gasteiger partial charge in [0.25, 0.3) is 0 Å². The van der Waals surface area contributed by atoms with E-state index in [1.807, 2.05) is 12.4 Å². The normalized spacial score (nSPS) is 23.3. The molecule has 0 bridgehead atoms. The van der Waals surface area contributed by atoms with Gasteiger partial charge in [0.15, 0.2) is 0 Å². The molecule has 0 saturated carbocycles. The topological polar surface area (TPSA) is 54.3 Å². The van der Waals surface area contributed by atoms with Gasteiger partial charge in [-0.05, 0) is 69.2 Å². The molecule has 0 radical (unpaired) electrons. The van der Waals surface area contributed by atoms with Crippen LogP contribution in [0, 0.1) is 0 Å². The molecule has 30 heavy (non-hydrogen) atoms. The van der Waals surface area contributed by atoms with Crippen LogP contribution in [0.15, 0.2) is 30.7 Å². The Labute approximate surface area is 179 Å². The van der Waals surface area contributed by atoms with Crippen LogP contribution in [-0.2, 0) is 24.3 Å². The molecule has 1 amide bonds. The van der Waals surface area contributed by atoms with Gasteiger partial charge < -0.3 is 9.47 Å². The van der Waals surface area contributed by atoms with Crippen molar-refractivity contribution in [2.45, 2.75) is 76.4 Å². The Bertz CT molecular complexity index is 856. The number of carbonyl (C=O) groups excluding carboxylic acids is 1. The maximum absolute atomic E-state index is 13.4. The van der Waals surface area contributed by atoms with Crippen molar-refractivity contribution in [1.82, 2.24) is 24.3 Å². The van der Waals surface area contributed by atoms with Crippen LogP contribution in [0.2, 0.25) is 0 Å². The molecule has 2 aromatic rings. The van der Waals surface area contributed by atoms with Crippen LogP contribution < -0.4 is 0 Å². The van der Waals surface area contributed by atoms with E-state index in [9.17, 15) is 4.79 Å². The Morgan fingerprint density at radius 1 is 0.967 bits per heavy atom. The van der Waals surface area contributed by atoms with Crippen molar-refractivity contribution in [3.05, 3.63) is 47.8 Å². The van der Waals surface area contributed by atoms with Gasteiger partial charge >= 0.3 is 0 Å². The van der Waals surface area contributed by atoms with E-state index in [1.165, 1.54) is 42.8 Å². The molecule has 3 aliphatic heterocycles. The predicted octanol–water partition coefficient (Wildman–Crippen LogP) is 3.38. The molecule has 0 N–H and O–H groups in total. The lowest BCUT2D eigenvalue weighted by Gasteiger charge is -2.40. The first-order valence-corrected chi connectivity index (χ1v) is 11.8. The molecule has 2 saturated heterocycles. The Balaban J connectivity index is 1.22. The zero-order valence-electron chi connectivity index (χ0n) is 17.9. The van der Waals surface area contributed by atoms with Crippen molar-refractivity contribution in [3.63, 3.8) is 0 Å². The number of fused-ring (bicyclic) bond motifs is 1. The van der Waals surface area contributed by atoms with Gasteiger partial charge in [0.1, 0.15) is 5.82 Å². The number of rotatable bonds is 4. The minimum atomic E-state index is 0.0302. The summed E-state index contributed by atoms with van der Waals surface area (Å²) in [6.07, 6.45) is 14.9. The van der Waals surface area contributed by atoms with Gasteiger partial charge in [-0.25, -0.2) is 4.98 Å². The summed E-state index contributed by atoms with van der Waals surface area (Å²) in [6.45, 7) is 4.71. The first kappa shape index (κ1) is 19.7. The van der Waals surface area contributed by atoms with E-state index < -0.39 is 0 Å². The fourth-order valence-electron chi connectivity index (χ4n) is 5.54. The van der Waals surface area contributed by atoms with Gasteiger partial charge in [-0.1, -0.05) is 6.42 Å². The number of amides is 1. The van der Waals surface area contributed by atoms with E-state index >= 15 is 0 Å². The lowest BCUT2D eigenvalue weighted by Crippen LogP contribution is -2.52. The summed E-state index contributed by atoms with van der Waals surface area (Å²) in [7, 11) is 0. The average Bonchev–Trinajstić information content (AvgIpc) is 3.24. The molecule has 2 aromatic heterocycles. The van der Waals surface area contributed by atoms with E-state index in [1.54, 1.807) is 0 Å². The number of piperidine rings is 2. The number of pyridine rings is 1. The van der Waals surface area contributed by atoms with Crippen LogP contribution >= 0.6 is 0 Å². The molecular formula is C24H33N5O. The van der Waals surface area contributed by atoms with Gasteiger partial charge in [-0.2, -0.15) is 0 Å². The molecule has 0 spiro atoms. The third kappa shape index (κ3) is 4.02. The summed E-state index contributed by atoms with van der Waals surface area (Å²) in [5.41, 5.74) is 2.65. The number of aromatic nitrogens is 3. The first-order valence-electron chi connectivity index (χ1n) is 11.8. The van der Waals surface area contributed by atoms with Crippen LogP contribution in [0.5, 0.6) is 0 Å². The van der Waals surface area contributed by atoms with Crippen LogP contribution in [0.3, 0.4) is 0 Å². The monoisotopic (exact) mass is 407 g/mol. The molecule has 0 aliphatic carbocycles. The van der Waals surface area contributed by atoms with Crippen molar-refractivity contribution >= 4 is 5.91 Å². The number of likely N-dealkylation sites (tertiary alicyclic amines) is 2. The molecular weight excluding hydrogens is 374 g/mol. The summed E-state index contributed by atoms with van der Waals surface area (Å²) < 4.78 is 2.46. The van der Waals surface area contributed by atoms with E-state index in [0.29, 0.717) is 11.8 Å². The summed E-state index contributed by atoms with van der Waals surface area (Å²) in [4.78, 5) is 26.9. The van der Waals surface area contributed by atoms with Gasteiger partial charge in [0.05, 0.1) is 6.04 Å². The van der Waals surface area contributed by atoms with Crippen molar-refractivity contribution in [2.75, 3.05) is 19.6 Å². The third-order valence-corrected chi connectivity index (χ3v) is 7.24. The number of imidazole rings is 1. The smallest absolute Gasteiger partial charge is 0.239 e. The standard InChI is InChI=1S/C24H33N5O/c30-24(22-6-2-3-13-28(22)18-19-7-11-25-12-8-19)27-15-9-20(10-16-27)23-26-17-21-5-1-4-14-29(21)23/h7-8,11-12,17,20,22H,1-6,9-10,13-16,18H2. The summed E-state index contributed by atoms with van der Waals surface area (Å²) in [5.74, 6) is 2.11. The molecule has 6 heteroatoms. The highest BCUT2D eigenvalue weighted by atomic mass is 16.2. The highest BCUT2D eigenvalue weighted by Gasteiger charge is 2.34. The molecule has 160 valence electrons. The highest BCUT2D eigenvalue weighted by molar-refractivity contribution is 5.82. The number of carbonyl (C=O) groups is 1. The van der Waals surface area contributed by atoms with E-state index in [-0.39, 0.29) is 6.04 Å². The Hall–Kier alpha value is -2.21. The maximum Gasteiger partial charge on any atom is 0.239 e. The zero-order valence-corrected chi connectivity index (χ0v) is 17.9. The highest BCUT2D eigenvalue weighted by Crippen LogP contribution is 2.31. The van der Waals surface area contributed by atoms with Gasteiger partial charge in [0, 0.05) is 56.4 Å². The van der Waals surface area contributed by atoms with Crippen molar-refractivity contribution in [2.24, 2.45) is 0 Å². The molecule has 6 nitrogen and oxygen atoms in total. The van der Waals surface area contributed by atoms with E-state index in [2.05, 4.69) is 37.7 Å². The molecule has 1 atom stereocenters. The first-order chi connectivity index (χ1) is 14.8. The van der Waals surface area contributed by atoms with Crippen LogP contribution in [0.25, 0.3) is 0 Å². The van der Waals surface area contributed by atoms with Crippen molar-refractivity contribution in [1.29, 1.82) is 0 Å². The fourth-order valence-corrected chi connectivity index (χ4v) is 5.54.